The summed E-state index contributed by atoms with van der Waals surface area (Å²) >= 11 is 1.54. The van der Waals surface area contributed by atoms with Crippen molar-refractivity contribution >= 4 is 17.3 Å². The van der Waals surface area contributed by atoms with Gasteiger partial charge in [-0.15, -0.1) is 5.10 Å². The van der Waals surface area contributed by atoms with Gasteiger partial charge in [-0.05, 0) is 17.7 Å². The number of nitrogens with zero attached hydrogens (tertiary/aromatic N) is 4. The molecule has 0 atom stereocenters. The molecule has 0 aliphatic heterocycles. The highest BCUT2D eigenvalue weighted by Crippen LogP contribution is 2.25. The van der Waals surface area contributed by atoms with Crippen LogP contribution in [0.1, 0.15) is 36.7 Å². The van der Waals surface area contributed by atoms with Gasteiger partial charge in [-0.1, -0.05) is 31.7 Å². The Kier molecular flexibility index (Phi) is 3.67. The molecule has 106 valence electrons. The fourth-order valence-corrected chi connectivity index (χ4v) is 2.92. The summed E-state index contributed by atoms with van der Waals surface area (Å²) in [5.74, 6) is 1.90. The molecule has 0 radical (unpaired) electrons. The van der Waals surface area contributed by atoms with Gasteiger partial charge >= 0.3 is 0 Å². The van der Waals surface area contributed by atoms with Gasteiger partial charge in [0, 0.05) is 24.1 Å². The van der Waals surface area contributed by atoms with Crippen molar-refractivity contribution in [1.29, 1.82) is 5.26 Å². The van der Waals surface area contributed by atoms with Crippen LogP contribution >= 0.6 is 11.8 Å². The third-order valence-corrected chi connectivity index (χ3v) is 4.16. The molecular formula is C15H15N5S. The van der Waals surface area contributed by atoms with Gasteiger partial charge in [0.15, 0.2) is 0 Å². The second kappa shape index (κ2) is 5.62. The molecule has 1 N–H and O–H groups in total. The number of nitriles is 1. The lowest BCUT2D eigenvalue weighted by Crippen LogP contribution is -1.89. The van der Waals surface area contributed by atoms with E-state index in [1.165, 1.54) is 11.8 Å². The fourth-order valence-electron chi connectivity index (χ4n) is 2.14. The molecular weight excluding hydrogens is 282 g/mol. The monoisotopic (exact) mass is 297 g/mol. The third-order valence-electron chi connectivity index (χ3n) is 3.26. The molecule has 0 fully saturated rings. The molecule has 0 aliphatic carbocycles. The van der Waals surface area contributed by atoms with E-state index in [2.05, 4.69) is 35.1 Å². The van der Waals surface area contributed by atoms with E-state index in [1.807, 2.05) is 35.0 Å². The quantitative estimate of drug-likeness (QED) is 0.750. The van der Waals surface area contributed by atoms with Crippen LogP contribution in [0.5, 0.6) is 0 Å². The molecule has 0 spiro atoms. The average molecular weight is 297 g/mol. The lowest BCUT2D eigenvalue weighted by atomic mass is 10.2. The zero-order valence-corrected chi connectivity index (χ0v) is 12.7. The number of aromatic nitrogens is 4. The highest BCUT2D eigenvalue weighted by molar-refractivity contribution is 7.98. The Labute approximate surface area is 127 Å². The van der Waals surface area contributed by atoms with E-state index >= 15 is 0 Å². The van der Waals surface area contributed by atoms with Crippen molar-refractivity contribution in [2.75, 3.05) is 0 Å². The number of hydrogen-bond acceptors (Lipinski definition) is 4. The van der Waals surface area contributed by atoms with Gasteiger partial charge in [0.1, 0.15) is 11.9 Å². The van der Waals surface area contributed by atoms with E-state index in [4.69, 9.17) is 0 Å². The van der Waals surface area contributed by atoms with Crippen molar-refractivity contribution < 1.29 is 0 Å². The molecule has 5 nitrogen and oxygen atoms in total. The van der Waals surface area contributed by atoms with Crippen molar-refractivity contribution in [2.45, 2.75) is 30.7 Å². The summed E-state index contributed by atoms with van der Waals surface area (Å²) in [6.07, 6.45) is 3.95. The summed E-state index contributed by atoms with van der Waals surface area (Å²) in [5, 5.41) is 17.2. The van der Waals surface area contributed by atoms with Crippen molar-refractivity contribution in [3.8, 4) is 6.07 Å². The lowest BCUT2D eigenvalue weighted by molar-refractivity contribution is 0.780. The molecule has 21 heavy (non-hydrogen) atoms. The first-order valence-corrected chi connectivity index (χ1v) is 7.71. The van der Waals surface area contributed by atoms with Gasteiger partial charge < -0.3 is 4.40 Å². The SMILES string of the molecule is CC(C)c1nc(SCc2cn3ccccc3c2C#N)n[nH]1. The van der Waals surface area contributed by atoms with E-state index in [0.29, 0.717) is 11.7 Å². The molecule has 3 heterocycles. The predicted molar refractivity (Wildman–Crippen MR) is 82.1 cm³/mol. The maximum Gasteiger partial charge on any atom is 0.208 e. The van der Waals surface area contributed by atoms with Crippen molar-refractivity contribution in [2.24, 2.45) is 0 Å². The molecule has 3 rings (SSSR count). The number of nitrogens with one attached hydrogen (secondary N) is 1. The number of pyridine rings is 1. The summed E-state index contributed by atoms with van der Waals surface area (Å²) in [6, 6.07) is 8.15. The first-order chi connectivity index (χ1) is 10.2. The van der Waals surface area contributed by atoms with Crippen LogP contribution < -0.4 is 0 Å². The summed E-state index contributed by atoms with van der Waals surface area (Å²) in [6.45, 7) is 4.15. The van der Waals surface area contributed by atoms with E-state index < -0.39 is 0 Å². The van der Waals surface area contributed by atoms with Crippen LogP contribution in [0.2, 0.25) is 0 Å². The number of thioether (sulfide) groups is 1. The first-order valence-electron chi connectivity index (χ1n) is 6.73. The Hall–Kier alpha value is -2.26. The highest BCUT2D eigenvalue weighted by atomic mass is 32.2. The zero-order chi connectivity index (χ0) is 14.8. The minimum atomic E-state index is 0.332. The summed E-state index contributed by atoms with van der Waals surface area (Å²) < 4.78 is 1.98. The molecule has 0 saturated carbocycles. The molecule has 0 aromatic carbocycles. The van der Waals surface area contributed by atoms with Crippen LogP contribution in [0.3, 0.4) is 0 Å². The highest BCUT2D eigenvalue weighted by Gasteiger charge is 2.12. The topological polar surface area (TPSA) is 69.8 Å². The van der Waals surface area contributed by atoms with Crippen LogP contribution in [0.15, 0.2) is 35.7 Å². The van der Waals surface area contributed by atoms with Gasteiger partial charge in [0.2, 0.25) is 5.16 Å². The minimum Gasteiger partial charge on any atom is -0.322 e. The predicted octanol–water partition coefficient (Wildman–Crippen LogP) is 3.34. The zero-order valence-electron chi connectivity index (χ0n) is 11.9. The van der Waals surface area contributed by atoms with Crippen LogP contribution in [0, 0.1) is 11.3 Å². The fraction of sp³-hybridized carbons (Fsp3) is 0.267. The van der Waals surface area contributed by atoms with Crippen molar-refractivity contribution in [3.05, 3.63) is 47.5 Å². The van der Waals surface area contributed by atoms with Crippen LogP contribution in [0.25, 0.3) is 5.52 Å². The third kappa shape index (κ3) is 2.65. The molecule has 0 amide bonds. The molecule has 0 unspecified atom stereocenters. The molecule has 3 aromatic heterocycles. The van der Waals surface area contributed by atoms with Gasteiger partial charge in [0.05, 0.1) is 11.1 Å². The maximum atomic E-state index is 9.37. The number of rotatable bonds is 4. The van der Waals surface area contributed by atoms with Crippen molar-refractivity contribution in [1.82, 2.24) is 19.6 Å². The Morgan fingerprint density at radius 1 is 1.43 bits per heavy atom. The van der Waals surface area contributed by atoms with Gasteiger partial charge in [-0.2, -0.15) is 5.26 Å². The second-order valence-corrected chi connectivity index (χ2v) is 6.02. The van der Waals surface area contributed by atoms with E-state index in [1.54, 1.807) is 0 Å². The number of hydrogen-bond donors (Lipinski definition) is 1. The standard InChI is InChI=1S/C15H15N5S/c1-10(2)14-17-15(19-18-14)21-9-11-8-20-6-4-3-5-13(20)12(11)7-16/h3-6,8,10H,9H2,1-2H3,(H,17,18,19). The molecule has 0 aliphatic rings. The van der Waals surface area contributed by atoms with Crippen LogP contribution in [0.4, 0.5) is 0 Å². The molecule has 3 aromatic rings. The minimum absolute atomic E-state index is 0.332. The first kappa shape index (κ1) is 13.7. The van der Waals surface area contributed by atoms with Gasteiger partial charge in [-0.3, -0.25) is 5.10 Å². The Morgan fingerprint density at radius 3 is 3.00 bits per heavy atom. The molecule has 6 heteroatoms. The Balaban J connectivity index is 1.83. The molecule has 0 saturated heterocycles. The molecule has 0 bridgehead atoms. The number of aromatic amines is 1. The van der Waals surface area contributed by atoms with Crippen LogP contribution in [-0.4, -0.2) is 19.6 Å². The summed E-state index contributed by atoms with van der Waals surface area (Å²) in [5.41, 5.74) is 2.67. The van der Waals surface area contributed by atoms with E-state index in [9.17, 15) is 5.26 Å². The second-order valence-electron chi connectivity index (χ2n) is 5.08. The Morgan fingerprint density at radius 2 is 2.29 bits per heavy atom. The summed E-state index contributed by atoms with van der Waals surface area (Å²) in [7, 11) is 0. The summed E-state index contributed by atoms with van der Waals surface area (Å²) in [4.78, 5) is 4.44. The van der Waals surface area contributed by atoms with Gasteiger partial charge in [-0.25, -0.2) is 4.98 Å². The van der Waals surface area contributed by atoms with E-state index in [-0.39, 0.29) is 0 Å². The average Bonchev–Trinajstić information content (AvgIpc) is 3.09. The number of H-pyrrole nitrogens is 1. The van der Waals surface area contributed by atoms with Crippen LogP contribution in [-0.2, 0) is 5.75 Å². The number of fused-ring (bicyclic) bond motifs is 1. The maximum absolute atomic E-state index is 9.37. The van der Waals surface area contributed by atoms with Gasteiger partial charge in [0.25, 0.3) is 0 Å². The lowest BCUT2D eigenvalue weighted by Gasteiger charge is -1.96. The largest absolute Gasteiger partial charge is 0.322 e. The smallest absolute Gasteiger partial charge is 0.208 e. The normalized spacial score (nSPS) is 11.1. The van der Waals surface area contributed by atoms with E-state index in [0.717, 1.165) is 27.6 Å². The Bertz CT molecular complexity index is 809. The van der Waals surface area contributed by atoms with Crippen molar-refractivity contribution in [3.63, 3.8) is 0 Å².